The van der Waals surface area contributed by atoms with Gasteiger partial charge in [-0.2, -0.15) is 5.10 Å². The molecule has 5 nitrogen and oxygen atoms in total. The number of carbonyl (C=O) groups is 1. The quantitative estimate of drug-likeness (QED) is 0.592. The Kier molecular flexibility index (Phi) is 4.59. The third-order valence-corrected chi connectivity index (χ3v) is 1.75. The number of hydrazone groups is 1. The summed E-state index contributed by atoms with van der Waals surface area (Å²) in [6, 6.07) is 6.87. The van der Waals surface area contributed by atoms with Crippen LogP contribution in [0.4, 0.5) is 4.79 Å². The summed E-state index contributed by atoms with van der Waals surface area (Å²) in [5.74, 6) is 0.773. The molecule has 0 saturated carbocycles. The van der Waals surface area contributed by atoms with E-state index in [1.54, 1.807) is 13.2 Å². The fraction of sp³-hybridized carbons (Fsp3) is 0.0909. The molecule has 2 amide bonds. The van der Waals surface area contributed by atoms with Crippen molar-refractivity contribution in [2.24, 2.45) is 10.8 Å². The normalized spacial score (nSPS) is 10.8. The second-order valence-corrected chi connectivity index (χ2v) is 2.86. The van der Waals surface area contributed by atoms with Crippen LogP contribution in [-0.2, 0) is 0 Å². The number of carbonyl (C=O) groups excluding carboxylic acids is 1. The minimum absolute atomic E-state index is 0.693. The van der Waals surface area contributed by atoms with Crippen molar-refractivity contribution in [2.45, 2.75) is 0 Å². The van der Waals surface area contributed by atoms with Gasteiger partial charge >= 0.3 is 6.03 Å². The zero-order valence-corrected chi connectivity index (χ0v) is 8.88. The van der Waals surface area contributed by atoms with Crippen molar-refractivity contribution < 1.29 is 9.53 Å². The summed E-state index contributed by atoms with van der Waals surface area (Å²) < 4.78 is 5.16. The van der Waals surface area contributed by atoms with Crippen LogP contribution in [0.3, 0.4) is 0 Å². The van der Waals surface area contributed by atoms with Crippen molar-refractivity contribution in [3.8, 4) is 5.75 Å². The van der Waals surface area contributed by atoms with Gasteiger partial charge in [0.25, 0.3) is 0 Å². The molecular formula is C11H13N3O2. The van der Waals surface area contributed by atoms with Crippen LogP contribution < -0.4 is 15.9 Å². The smallest absolute Gasteiger partial charge is 0.332 e. The molecule has 0 spiro atoms. The van der Waals surface area contributed by atoms with Crippen LogP contribution >= 0.6 is 0 Å². The Morgan fingerprint density at radius 1 is 1.50 bits per heavy atom. The zero-order valence-electron chi connectivity index (χ0n) is 8.88. The predicted molar refractivity (Wildman–Crippen MR) is 63.2 cm³/mol. The highest BCUT2D eigenvalue weighted by Crippen LogP contribution is 2.18. The summed E-state index contributed by atoms with van der Waals surface area (Å²) in [5.41, 5.74) is 7.84. The van der Waals surface area contributed by atoms with E-state index in [2.05, 4.69) is 10.5 Å². The third kappa shape index (κ3) is 3.83. The largest absolute Gasteiger partial charge is 0.496 e. The highest BCUT2D eigenvalue weighted by atomic mass is 16.5. The molecule has 0 aliphatic heterocycles. The maximum atomic E-state index is 10.3. The van der Waals surface area contributed by atoms with Crippen molar-refractivity contribution in [3.63, 3.8) is 0 Å². The van der Waals surface area contributed by atoms with Gasteiger partial charge < -0.3 is 10.5 Å². The lowest BCUT2D eigenvalue weighted by Crippen LogP contribution is -2.24. The van der Waals surface area contributed by atoms with Crippen LogP contribution in [0.15, 0.2) is 35.4 Å². The number of benzene rings is 1. The molecule has 84 valence electrons. The van der Waals surface area contributed by atoms with Crippen LogP contribution in [0.1, 0.15) is 5.56 Å². The number of para-hydroxylation sites is 1. The Labute approximate surface area is 93.6 Å². The fourth-order valence-electron chi connectivity index (χ4n) is 1.09. The first-order valence-electron chi connectivity index (χ1n) is 4.62. The predicted octanol–water partition coefficient (Wildman–Crippen LogP) is 1.36. The van der Waals surface area contributed by atoms with Gasteiger partial charge in [-0.15, -0.1) is 0 Å². The van der Waals surface area contributed by atoms with E-state index >= 15 is 0 Å². The van der Waals surface area contributed by atoms with E-state index in [1.807, 2.05) is 30.3 Å². The number of methoxy groups -OCH3 is 1. The van der Waals surface area contributed by atoms with Crippen molar-refractivity contribution >= 4 is 18.3 Å². The Balaban J connectivity index is 2.62. The average molecular weight is 219 g/mol. The lowest BCUT2D eigenvalue weighted by atomic mass is 10.2. The molecule has 0 atom stereocenters. The SMILES string of the molecule is COc1ccccc1/C=C/C=N/NC(N)=O. The van der Waals surface area contributed by atoms with Crippen LogP contribution in [0.2, 0.25) is 0 Å². The number of amides is 2. The van der Waals surface area contributed by atoms with E-state index in [0.29, 0.717) is 0 Å². The number of nitrogens with zero attached hydrogens (tertiary/aromatic N) is 1. The number of nitrogens with two attached hydrogens (primary N) is 1. The van der Waals surface area contributed by atoms with E-state index < -0.39 is 6.03 Å². The van der Waals surface area contributed by atoms with Gasteiger partial charge in [-0.3, -0.25) is 0 Å². The number of ether oxygens (including phenoxy) is 1. The molecule has 0 heterocycles. The van der Waals surface area contributed by atoms with Crippen molar-refractivity contribution in [2.75, 3.05) is 7.11 Å². The van der Waals surface area contributed by atoms with Crippen molar-refractivity contribution in [1.82, 2.24) is 5.43 Å². The van der Waals surface area contributed by atoms with E-state index in [9.17, 15) is 4.79 Å². The molecule has 1 rings (SSSR count). The summed E-state index contributed by atoms with van der Waals surface area (Å²) in [4.78, 5) is 10.3. The molecule has 0 aliphatic rings. The molecular weight excluding hydrogens is 206 g/mol. The minimum Gasteiger partial charge on any atom is -0.496 e. The van der Waals surface area contributed by atoms with Crippen LogP contribution in [0.25, 0.3) is 6.08 Å². The standard InChI is InChI=1S/C11H13N3O2/c1-16-10-7-3-2-5-9(10)6-4-8-13-14-11(12)15/h2-8H,1H3,(H3,12,14,15)/b6-4+,13-8+. The minimum atomic E-state index is -0.693. The molecule has 1 aromatic carbocycles. The van der Waals surface area contributed by atoms with Gasteiger partial charge in [0.15, 0.2) is 0 Å². The molecule has 5 heteroatoms. The first kappa shape index (κ1) is 11.8. The van der Waals surface area contributed by atoms with E-state index in [-0.39, 0.29) is 0 Å². The maximum Gasteiger partial charge on any atom is 0.332 e. The molecule has 0 aliphatic carbocycles. The Morgan fingerprint density at radius 3 is 2.94 bits per heavy atom. The summed E-state index contributed by atoms with van der Waals surface area (Å²) in [6.07, 6.45) is 4.91. The molecule has 0 aromatic heterocycles. The molecule has 0 fully saturated rings. The Hall–Kier alpha value is -2.30. The van der Waals surface area contributed by atoms with E-state index in [1.165, 1.54) is 6.21 Å². The topological polar surface area (TPSA) is 76.7 Å². The summed E-state index contributed by atoms with van der Waals surface area (Å²) in [6.45, 7) is 0. The molecule has 0 bridgehead atoms. The number of nitrogens with one attached hydrogen (secondary N) is 1. The lowest BCUT2D eigenvalue weighted by molar-refractivity contribution is 0.249. The molecule has 0 saturated heterocycles. The van der Waals surface area contributed by atoms with Crippen molar-refractivity contribution in [1.29, 1.82) is 0 Å². The van der Waals surface area contributed by atoms with Gasteiger partial charge in [-0.1, -0.05) is 18.2 Å². The third-order valence-electron chi connectivity index (χ3n) is 1.75. The monoisotopic (exact) mass is 219 g/mol. The van der Waals surface area contributed by atoms with Gasteiger partial charge in [0, 0.05) is 11.8 Å². The molecule has 16 heavy (non-hydrogen) atoms. The zero-order chi connectivity index (χ0) is 11.8. The highest BCUT2D eigenvalue weighted by molar-refractivity contribution is 5.80. The van der Waals surface area contributed by atoms with Crippen LogP contribution in [0, 0.1) is 0 Å². The summed E-state index contributed by atoms with van der Waals surface area (Å²) in [5, 5.41) is 3.56. The number of hydrogen-bond donors (Lipinski definition) is 2. The van der Waals surface area contributed by atoms with Crippen molar-refractivity contribution in [3.05, 3.63) is 35.9 Å². The van der Waals surface area contributed by atoms with Gasteiger partial charge in [-0.25, -0.2) is 10.2 Å². The number of primary amides is 1. The van der Waals surface area contributed by atoms with E-state index in [4.69, 9.17) is 10.5 Å². The Morgan fingerprint density at radius 2 is 2.25 bits per heavy atom. The lowest BCUT2D eigenvalue weighted by Gasteiger charge is -2.02. The first-order chi connectivity index (χ1) is 7.74. The molecule has 3 N–H and O–H groups in total. The maximum absolute atomic E-state index is 10.3. The number of urea groups is 1. The fourth-order valence-corrected chi connectivity index (χ4v) is 1.09. The van der Waals surface area contributed by atoms with E-state index in [0.717, 1.165) is 11.3 Å². The average Bonchev–Trinajstić information content (AvgIpc) is 2.29. The van der Waals surface area contributed by atoms with Crippen LogP contribution in [-0.4, -0.2) is 19.4 Å². The highest BCUT2D eigenvalue weighted by Gasteiger charge is 1.94. The molecule has 0 unspecified atom stereocenters. The second-order valence-electron chi connectivity index (χ2n) is 2.86. The summed E-state index contributed by atoms with van der Waals surface area (Å²) >= 11 is 0. The van der Waals surface area contributed by atoms with Gasteiger partial charge in [-0.05, 0) is 18.2 Å². The number of rotatable bonds is 4. The summed E-state index contributed by atoms with van der Waals surface area (Å²) in [7, 11) is 1.61. The Bertz CT molecular complexity index is 413. The number of hydrogen-bond acceptors (Lipinski definition) is 3. The van der Waals surface area contributed by atoms with Crippen LogP contribution in [0.5, 0.6) is 5.75 Å². The van der Waals surface area contributed by atoms with Gasteiger partial charge in [0.2, 0.25) is 0 Å². The first-order valence-corrected chi connectivity index (χ1v) is 4.62. The second kappa shape index (κ2) is 6.23. The number of allylic oxidation sites excluding steroid dienone is 1. The van der Waals surface area contributed by atoms with Gasteiger partial charge in [0.1, 0.15) is 5.75 Å². The molecule has 0 radical (unpaired) electrons. The van der Waals surface area contributed by atoms with Gasteiger partial charge in [0.05, 0.1) is 7.11 Å². The molecule has 1 aromatic rings.